The van der Waals surface area contributed by atoms with Crippen LogP contribution in [0, 0.1) is 5.82 Å². The molecule has 5 nitrogen and oxygen atoms in total. The Morgan fingerprint density at radius 1 is 0.931 bits per heavy atom. The van der Waals surface area contributed by atoms with Crippen LogP contribution in [0.15, 0.2) is 72.8 Å². The fraction of sp³-hybridized carbons (Fsp3) is 0.174. The Hall–Kier alpha value is -3.54. The molecule has 0 fully saturated rings. The first kappa shape index (κ1) is 20.2. The van der Waals surface area contributed by atoms with Crippen LogP contribution in [0.25, 0.3) is 0 Å². The van der Waals surface area contributed by atoms with E-state index in [1.54, 1.807) is 37.3 Å². The summed E-state index contributed by atoms with van der Waals surface area (Å²) in [5, 5.41) is 2.81. The first-order valence-electron chi connectivity index (χ1n) is 9.28. The van der Waals surface area contributed by atoms with E-state index in [-0.39, 0.29) is 11.7 Å². The highest BCUT2D eigenvalue weighted by Gasteiger charge is 2.17. The van der Waals surface area contributed by atoms with Gasteiger partial charge < -0.3 is 19.5 Å². The van der Waals surface area contributed by atoms with Gasteiger partial charge in [-0.05, 0) is 74.5 Å². The summed E-state index contributed by atoms with van der Waals surface area (Å²) in [7, 11) is 0. The molecule has 3 rings (SSSR count). The largest absolute Gasteiger partial charge is 0.494 e. The number of carbonyl (C=O) groups excluding carboxylic acids is 1. The van der Waals surface area contributed by atoms with Crippen molar-refractivity contribution in [3.8, 4) is 23.0 Å². The predicted molar refractivity (Wildman–Crippen MR) is 109 cm³/mol. The van der Waals surface area contributed by atoms with Crippen molar-refractivity contribution in [3.05, 3.63) is 78.6 Å². The van der Waals surface area contributed by atoms with E-state index in [0.29, 0.717) is 29.5 Å². The molecule has 6 heteroatoms. The van der Waals surface area contributed by atoms with Gasteiger partial charge in [0.25, 0.3) is 5.91 Å². The monoisotopic (exact) mass is 395 g/mol. The van der Waals surface area contributed by atoms with Crippen molar-refractivity contribution in [2.75, 3.05) is 11.9 Å². The molecule has 1 amide bonds. The van der Waals surface area contributed by atoms with Crippen molar-refractivity contribution in [3.63, 3.8) is 0 Å². The summed E-state index contributed by atoms with van der Waals surface area (Å²) in [6, 6.07) is 19.9. The van der Waals surface area contributed by atoms with Crippen molar-refractivity contribution in [1.82, 2.24) is 0 Å². The molecule has 0 saturated heterocycles. The van der Waals surface area contributed by atoms with Crippen LogP contribution in [0.3, 0.4) is 0 Å². The highest BCUT2D eigenvalue weighted by molar-refractivity contribution is 5.95. The van der Waals surface area contributed by atoms with Gasteiger partial charge >= 0.3 is 0 Å². The molecule has 0 aromatic heterocycles. The molecule has 3 aromatic carbocycles. The molecule has 0 radical (unpaired) electrons. The van der Waals surface area contributed by atoms with Crippen molar-refractivity contribution < 1.29 is 23.4 Å². The van der Waals surface area contributed by atoms with Gasteiger partial charge in [0.05, 0.1) is 12.3 Å². The minimum Gasteiger partial charge on any atom is -0.494 e. The average molecular weight is 395 g/mol. The van der Waals surface area contributed by atoms with Gasteiger partial charge in [-0.3, -0.25) is 4.79 Å². The standard InChI is InChI=1S/C23H22FNO4/c1-3-27-18-12-14-20(15-13-18)29-22-7-5-4-6-21(22)25-23(26)16(2)28-19-10-8-17(24)9-11-19/h4-16H,3H2,1-2H3,(H,25,26). The molecule has 150 valence electrons. The first-order valence-corrected chi connectivity index (χ1v) is 9.28. The summed E-state index contributed by atoms with van der Waals surface area (Å²) in [4.78, 5) is 12.5. The van der Waals surface area contributed by atoms with E-state index in [1.807, 2.05) is 25.1 Å². The molecule has 0 aliphatic heterocycles. The van der Waals surface area contributed by atoms with Gasteiger partial charge in [-0.15, -0.1) is 0 Å². The molecule has 3 aromatic rings. The van der Waals surface area contributed by atoms with E-state index in [4.69, 9.17) is 14.2 Å². The summed E-state index contributed by atoms with van der Waals surface area (Å²) in [5.41, 5.74) is 0.515. The Morgan fingerprint density at radius 3 is 2.24 bits per heavy atom. The second-order valence-corrected chi connectivity index (χ2v) is 6.21. The average Bonchev–Trinajstić information content (AvgIpc) is 2.72. The highest BCUT2D eigenvalue weighted by atomic mass is 19.1. The van der Waals surface area contributed by atoms with E-state index in [2.05, 4.69) is 5.32 Å². The first-order chi connectivity index (χ1) is 14.0. The van der Waals surface area contributed by atoms with Crippen LogP contribution in [-0.4, -0.2) is 18.6 Å². The number of nitrogens with one attached hydrogen (secondary N) is 1. The summed E-state index contributed by atoms with van der Waals surface area (Å²) >= 11 is 0. The number of hydrogen-bond donors (Lipinski definition) is 1. The summed E-state index contributed by atoms with van der Waals surface area (Å²) in [6.45, 7) is 4.13. The maximum Gasteiger partial charge on any atom is 0.265 e. The van der Waals surface area contributed by atoms with Crippen molar-refractivity contribution in [2.24, 2.45) is 0 Å². The van der Waals surface area contributed by atoms with Crippen LogP contribution in [0.1, 0.15) is 13.8 Å². The van der Waals surface area contributed by atoms with Crippen molar-refractivity contribution >= 4 is 11.6 Å². The van der Waals surface area contributed by atoms with Crippen LogP contribution >= 0.6 is 0 Å². The number of rotatable bonds is 8. The van der Waals surface area contributed by atoms with Gasteiger partial charge in [0.15, 0.2) is 11.9 Å². The summed E-state index contributed by atoms with van der Waals surface area (Å²) in [5.74, 6) is 1.57. The molecule has 1 N–H and O–H groups in total. The van der Waals surface area contributed by atoms with E-state index in [9.17, 15) is 9.18 Å². The summed E-state index contributed by atoms with van der Waals surface area (Å²) in [6.07, 6.45) is -0.779. The summed E-state index contributed by atoms with van der Waals surface area (Å²) < 4.78 is 29.9. The van der Waals surface area contributed by atoms with Crippen LogP contribution in [-0.2, 0) is 4.79 Å². The number of hydrogen-bond acceptors (Lipinski definition) is 4. The quantitative estimate of drug-likeness (QED) is 0.553. The van der Waals surface area contributed by atoms with Gasteiger partial charge in [-0.2, -0.15) is 0 Å². The number of carbonyl (C=O) groups is 1. The van der Waals surface area contributed by atoms with Gasteiger partial charge in [-0.1, -0.05) is 12.1 Å². The fourth-order valence-corrected chi connectivity index (χ4v) is 2.56. The molecular weight excluding hydrogens is 373 g/mol. The molecule has 0 aliphatic rings. The van der Waals surface area contributed by atoms with Gasteiger partial charge in [0.1, 0.15) is 23.1 Å². The Balaban J connectivity index is 1.66. The third-order valence-corrected chi connectivity index (χ3v) is 4.00. The second kappa shape index (κ2) is 9.59. The van der Waals surface area contributed by atoms with Crippen molar-refractivity contribution in [2.45, 2.75) is 20.0 Å². The number of para-hydroxylation sites is 2. The Morgan fingerprint density at radius 2 is 1.55 bits per heavy atom. The Kier molecular flexibility index (Phi) is 6.68. The number of anilines is 1. The van der Waals surface area contributed by atoms with Gasteiger partial charge in [0.2, 0.25) is 0 Å². The van der Waals surface area contributed by atoms with E-state index in [0.717, 1.165) is 5.75 Å². The molecule has 0 saturated carbocycles. The zero-order valence-corrected chi connectivity index (χ0v) is 16.2. The number of amides is 1. The third-order valence-electron chi connectivity index (χ3n) is 4.00. The molecular formula is C23H22FNO4. The molecule has 0 aliphatic carbocycles. The lowest BCUT2D eigenvalue weighted by Crippen LogP contribution is -2.30. The normalized spacial score (nSPS) is 11.4. The van der Waals surface area contributed by atoms with E-state index < -0.39 is 6.10 Å². The molecule has 0 bridgehead atoms. The topological polar surface area (TPSA) is 56.8 Å². The van der Waals surface area contributed by atoms with Crippen molar-refractivity contribution in [1.29, 1.82) is 0 Å². The number of benzene rings is 3. The zero-order valence-electron chi connectivity index (χ0n) is 16.2. The maximum absolute atomic E-state index is 13.0. The highest BCUT2D eigenvalue weighted by Crippen LogP contribution is 2.30. The maximum atomic E-state index is 13.0. The number of halogens is 1. The Labute approximate surface area is 169 Å². The van der Waals surface area contributed by atoms with Crippen LogP contribution in [0.4, 0.5) is 10.1 Å². The smallest absolute Gasteiger partial charge is 0.265 e. The molecule has 1 unspecified atom stereocenters. The molecule has 0 spiro atoms. The number of ether oxygens (including phenoxy) is 3. The predicted octanol–water partition coefficient (Wildman–Crippen LogP) is 5.42. The van der Waals surface area contributed by atoms with Crippen LogP contribution < -0.4 is 19.5 Å². The minimum atomic E-state index is -0.779. The lowest BCUT2D eigenvalue weighted by Gasteiger charge is -2.17. The zero-order chi connectivity index (χ0) is 20.6. The van der Waals surface area contributed by atoms with E-state index >= 15 is 0 Å². The molecule has 29 heavy (non-hydrogen) atoms. The lowest BCUT2D eigenvalue weighted by molar-refractivity contribution is -0.122. The van der Waals surface area contributed by atoms with Crippen LogP contribution in [0.2, 0.25) is 0 Å². The third kappa shape index (κ3) is 5.72. The minimum absolute atomic E-state index is 0.350. The van der Waals surface area contributed by atoms with Gasteiger partial charge in [0, 0.05) is 0 Å². The fourth-order valence-electron chi connectivity index (χ4n) is 2.56. The molecule has 0 heterocycles. The molecule has 1 atom stereocenters. The Bertz CT molecular complexity index is 942. The lowest BCUT2D eigenvalue weighted by atomic mass is 10.2. The second-order valence-electron chi connectivity index (χ2n) is 6.21. The SMILES string of the molecule is CCOc1ccc(Oc2ccccc2NC(=O)C(C)Oc2ccc(F)cc2)cc1. The van der Waals surface area contributed by atoms with E-state index in [1.165, 1.54) is 24.3 Å². The van der Waals surface area contributed by atoms with Crippen LogP contribution in [0.5, 0.6) is 23.0 Å². The van der Waals surface area contributed by atoms with Gasteiger partial charge in [-0.25, -0.2) is 4.39 Å².